The maximum absolute atomic E-state index is 12.6. The number of carbonyl (C=O) groups is 4. The highest BCUT2D eigenvalue weighted by molar-refractivity contribution is 8.00. The smallest absolute Gasteiger partial charge is 0.339 e. The molecule has 0 heterocycles. The van der Waals surface area contributed by atoms with Crippen LogP contribution in [-0.4, -0.2) is 44.8 Å². The fourth-order valence-corrected chi connectivity index (χ4v) is 4.16. The van der Waals surface area contributed by atoms with Crippen LogP contribution in [0.3, 0.4) is 0 Å². The van der Waals surface area contributed by atoms with Crippen LogP contribution in [0, 0.1) is 11.8 Å². The van der Waals surface area contributed by atoms with Crippen LogP contribution in [0.5, 0.6) is 5.75 Å². The Bertz CT molecular complexity index is 1120. The highest BCUT2D eigenvalue weighted by Gasteiger charge is 2.33. The number of benzene rings is 2. The van der Waals surface area contributed by atoms with Gasteiger partial charge in [0, 0.05) is 16.3 Å². The first-order chi connectivity index (χ1) is 15.7. The number of thioether (sulfide) groups is 1. The van der Waals surface area contributed by atoms with Crippen molar-refractivity contribution in [3.8, 4) is 5.75 Å². The summed E-state index contributed by atoms with van der Waals surface area (Å²) in [7, 11) is 0. The van der Waals surface area contributed by atoms with Gasteiger partial charge in [0.15, 0.2) is 0 Å². The number of allylic oxidation sites excluding steroid dienone is 2. The third-order valence-electron chi connectivity index (χ3n) is 5.07. The first-order valence-corrected chi connectivity index (χ1v) is 11.0. The van der Waals surface area contributed by atoms with Crippen molar-refractivity contribution >= 4 is 46.9 Å². The molecule has 2 amide bonds. The number of rotatable bonds is 8. The van der Waals surface area contributed by atoms with Crippen molar-refractivity contribution in [1.82, 2.24) is 0 Å². The Morgan fingerprint density at radius 1 is 0.909 bits per heavy atom. The summed E-state index contributed by atoms with van der Waals surface area (Å²) >= 11 is 1.21. The number of nitrogens with one attached hydrogen (secondary N) is 2. The SMILES string of the molecule is O=C(CSc1cccc(NC(=O)C2CC=CCC2C(=O)O)c1)Nc1ccc(O)c(C(=O)O)c1. The van der Waals surface area contributed by atoms with Crippen molar-refractivity contribution in [2.75, 3.05) is 16.4 Å². The molecule has 1 aliphatic rings. The average Bonchev–Trinajstić information content (AvgIpc) is 2.79. The molecule has 2 aromatic rings. The second kappa shape index (κ2) is 10.7. The maximum Gasteiger partial charge on any atom is 0.339 e. The van der Waals surface area contributed by atoms with E-state index in [0.29, 0.717) is 23.4 Å². The lowest BCUT2D eigenvalue weighted by Crippen LogP contribution is -2.34. The lowest BCUT2D eigenvalue weighted by Gasteiger charge is -2.24. The van der Waals surface area contributed by atoms with Crippen molar-refractivity contribution < 1.29 is 34.5 Å². The Morgan fingerprint density at radius 3 is 2.30 bits per heavy atom. The zero-order valence-corrected chi connectivity index (χ0v) is 18.2. The first kappa shape index (κ1) is 23.9. The fraction of sp³-hybridized carbons (Fsp3) is 0.217. The average molecular weight is 471 g/mol. The minimum absolute atomic E-state index is 0.0230. The van der Waals surface area contributed by atoms with Crippen LogP contribution in [0.2, 0.25) is 0 Å². The molecule has 0 aromatic heterocycles. The molecule has 0 saturated carbocycles. The Kier molecular flexibility index (Phi) is 7.73. The minimum Gasteiger partial charge on any atom is -0.507 e. The first-order valence-electron chi connectivity index (χ1n) is 10.0. The Labute approximate surface area is 193 Å². The number of hydrogen-bond donors (Lipinski definition) is 5. The van der Waals surface area contributed by atoms with E-state index in [1.807, 2.05) is 6.08 Å². The van der Waals surface area contributed by atoms with Crippen molar-refractivity contribution in [3.63, 3.8) is 0 Å². The van der Waals surface area contributed by atoms with Crippen LogP contribution in [0.15, 0.2) is 59.5 Å². The summed E-state index contributed by atoms with van der Waals surface area (Å²) in [4.78, 5) is 48.1. The number of phenols is 1. The van der Waals surface area contributed by atoms with E-state index in [1.165, 1.54) is 30.0 Å². The highest BCUT2D eigenvalue weighted by Crippen LogP contribution is 2.28. The molecule has 0 spiro atoms. The van der Waals surface area contributed by atoms with Crippen LogP contribution in [0.25, 0.3) is 0 Å². The molecule has 0 fully saturated rings. The molecule has 10 heteroatoms. The molecule has 172 valence electrons. The van der Waals surface area contributed by atoms with Gasteiger partial charge in [-0.3, -0.25) is 14.4 Å². The third kappa shape index (κ3) is 6.36. The summed E-state index contributed by atoms with van der Waals surface area (Å²) in [6.07, 6.45) is 4.25. The van der Waals surface area contributed by atoms with Gasteiger partial charge in [-0.15, -0.1) is 11.8 Å². The summed E-state index contributed by atoms with van der Waals surface area (Å²) in [5.74, 6) is -4.85. The van der Waals surface area contributed by atoms with Crippen LogP contribution >= 0.6 is 11.8 Å². The molecule has 0 saturated heterocycles. The third-order valence-corrected chi connectivity index (χ3v) is 6.06. The summed E-state index contributed by atoms with van der Waals surface area (Å²) < 4.78 is 0. The number of aromatic carboxylic acids is 1. The predicted molar refractivity (Wildman–Crippen MR) is 122 cm³/mol. The molecular weight excluding hydrogens is 448 g/mol. The van der Waals surface area contributed by atoms with Gasteiger partial charge >= 0.3 is 11.9 Å². The zero-order valence-electron chi connectivity index (χ0n) is 17.4. The van der Waals surface area contributed by atoms with Crippen LogP contribution in [0.1, 0.15) is 23.2 Å². The number of carbonyl (C=O) groups excluding carboxylic acids is 2. The summed E-state index contributed by atoms with van der Waals surface area (Å²) in [5, 5.41) is 33.3. The Morgan fingerprint density at radius 2 is 1.61 bits per heavy atom. The second-order valence-electron chi connectivity index (χ2n) is 7.39. The standard InChI is InChI=1S/C23H22N2O7S/c26-19-9-8-14(11-18(19)23(31)32)24-20(27)12-33-15-5-3-4-13(10-15)25-21(28)16-6-1-2-7-17(16)22(29)30/h1-5,8-11,16-17,26H,6-7,12H2,(H,24,27)(H,25,28)(H,29,30)(H,31,32). The van der Waals surface area contributed by atoms with Gasteiger partial charge in [0.25, 0.3) is 0 Å². The molecule has 9 nitrogen and oxygen atoms in total. The van der Waals surface area contributed by atoms with Gasteiger partial charge in [-0.2, -0.15) is 0 Å². The zero-order chi connectivity index (χ0) is 24.0. The largest absolute Gasteiger partial charge is 0.507 e. The van der Waals surface area contributed by atoms with E-state index in [9.17, 15) is 29.4 Å². The van der Waals surface area contributed by atoms with E-state index in [2.05, 4.69) is 10.6 Å². The second-order valence-corrected chi connectivity index (χ2v) is 8.43. The predicted octanol–water partition coefficient (Wildman–Crippen LogP) is 3.43. The quantitative estimate of drug-likeness (QED) is 0.223. The van der Waals surface area contributed by atoms with Gasteiger partial charge in [-0.05, 0) is 49.2 Å². The highest BCUT2D eigenvalue weighted by atomic mass is 32.2. The van der Waals surface area contributed by atoms with E-state index in [4.69, 9.17) is 5.11 Å². The number of amides is 2. The molecule has 3 rings (SSSR count). The molecule has 5 N–H and O–H groups in total. The topological polar surface area (TPSA) is 153 Å². The van der Waals surface area contributed by atoms with Crippen molar-refractivity contribution in [3.05, 3.63) is 60.2 Å². The van der Waals surface area contributed by atoms with E-state index in [1.54, 1.807) is 30.3 Å². The molecule has 2 unspecified atom stereocenters. The van der Waals surface area contributed by atoms with Crippen LogP contribution in [0.4, 0.5) is 11.4 Å². The number of aromatic hydroxyl groups is 1. The van der Waals surface area contributed by atoms with Crippen molar-refractivity contribution in [2.45, 2.75) is 17.7 Å². The number of hydrogen-bond acceptors (Lipinski definition) is 6. The Hall–Kier alpha value is -3.79. The van der Waals surface area contributed by atoms with Crippen molar-refractivity contribution in [2.24, 2.45) is 11.8 Å². The van der Waals surface area contributed by atoms with Gasteiger partial charge < -0.3 is 26.0 Å². The monoisotopic (exact) mass is 470 g/mol. The molecule has 2 aromatic carbocycles. The molecule has 0 aliphatic heterocycles. The summed E-state index contributed by atoms with van der Waals surface area (Å²) in [6, 6.07) is 10.6. The number of carboxylic acids is 2. The van der Waals surface area contributed by atoms with Gasteiger partial charge in [0.05, 0.1) is 17.6 Å². The lowest BCUT2D eigenvalue weighted by molar-refractivity contribution is -0.146. The van der Waals surface area contributed by atoms with E-state index < -0.39 is 29.5 Å². The molecule has 1 aliphatic carbocycles. The molecule has 33 heavy (non-hydrogen) atoms. The lowest BCUT2D eigenvalue weighted by atomic mass is 9.82. The van der Waals surface area contributed by atoms with Gasteiger partial charge in [0.2, 0.25) is 11.8 Å². The number of anilines is 2. The minimum atomic E-state index is -1.31. The summed E-state index contributed by atoms with van der Waals surface area (Å²) in [6.45, 7) is 0. The van der Waals surface area contributed by atoms with Crippen LogP contribution in [-0.2, 0) is 14.4 Å². The molecule has 0 radical (unpaired) electrons. The number of aliphatic carboxylic acids is 1. The van der Waals surface area contributed by atoms with E-state index >= 15 is 0 Å². The normalized spacial score (nSPS) is 17.2. The maximum atomic E-state index is 12.6. The van der Waals surface area contributed by atoms with Crippen molar-refractivity contribution in [1.29, 1.82) is 0 Å². The van der Waals surface area contributed by atoms with Crippen LogP contribution < -0.4 is 10.6 Å². The van der Waals surface area contributed by atoms with Gasteiger partial charge in [0.1, 0.15) is 11.3 Å². The molecule has 2 atom stereocenters. The van der Waals surface area contributed by atoms with E-state index in [-0.39, 0.29) is 28.8 Å². The number of carboxylic acid groups (broad SMARTS) is 2. The van der Waals surface area contributed by atoms with Gasteiger partial charge in [-0.1, -0.05) is 18.2 Å². The summed E-state index contributed by atoms with van der Waals surface area (Å²) in [5.41, 5.74) is 0.419. The molecular formula is C23H22N2O7S. The fourth-order valence-electron chi connectivity index (χ4n) is 3.41. The van der Waals surface area contributed by atoms with Gasteiger partial charge in [-0.25, -0.2) is 4.79 Å². The Balaban J connectivity index is 1.58. The molecule has 0 bridgehead atoms. The van der Waals surface area contributed by atoms with E-state index in [0.717, 1.165) is 0 Å².